The molecule has 2 N–H and O–H groups in total. The molecule has 2 unspecified atom stereocenters. The maximum Gasteiger partial charge on any atom is 0.123 e. The van der Waals surface area contributed by atoms with Gasteiger partial charge in [-0.05, 0) is 40.8 Å². The predicted molar refractivity (Wildman–Crippen MR) is 81.2 cm³/mol. The molecule has 21 heavy (non-hydrogen) atoms. The summed E-state index contributed by atoms with van der Waals surface area (Å²) >= 11 is 0. The van der Waals surface area contributed by atoms with Crippen molar-refractivity contribution in [3.63, 3.8) is 0 Å². The fourth-order valence-electron chi connectivity index (χ4n) is 3.21. The number of ether oxygens (including phenoxy) is 2. The predicted octanol–water partition coefficient (Wildman–Crippen LogP) is 3.09. The van der Waals surface area contributed by atoms with E-state index in [1.54, 1.807) is 0 Å². The minimum atomic E-state index is -0.0999. The van der Waals surface area contributed by atoms with Crippen LogP contribution in [0.2, 0.25) is 0 Å². The summed E-state index contributed by atoms with van der Waals surface area (Å²) in [7, 11) is 0. The zero-order chi connectivity index (χ0) is 14.4. The van der Waals surface area contributed by atoms with Gasteiger partial charge < -0.3 is 15.2 Å². The molecule has 0 aromatic heterocycles. The lowest BCUT2D eigenvalue weighted by Gasteiger charge is -2.14. The second kappa shape index (κ2) is 4.86. The molecule has 3 nitrogen and oxygen atoms in total. The van der Waals surface area contributed by atoms with Crippen LogP contribution in [-0.4, -0.2) is 6.10 Å². The van der Waals surface area contributed by atoms with Crippen molar-refractivity contribution in [2.45, 2.75) is 38.7 Å². The first-order chi connectivity index (χ1) is 10.2. The maximum atomic E-state index is 6.46. The van der Waals surface area contributed by atoms with Crippen LogP contribution in [-0.2, 0) is 24.4 Å². The van der Waals surface area contributed by atoms with Gasteiger partial charge in [-0.3, -0.25) is 0 Å². The van der Waals surface area contributed by atoms with E-state index in [0.29, 0.717) is 6.61 Å². The van der Waals surface area contributed by atoms with Gasteiger partial charge in [0.1, 0.15) is 11.9 Å². The molecule has 108 valence electrons. The van der Waals surface area contributed by atoms with Crippen LogP contribution >= 0.6 is 0 Å². The molecule has 4 rings (SSSR count). The third-order valence-electron chi connectivity index (χ3n) is 4.38. The van der Waals surface area contributed by atoms with Crippen LogP contribution in [0.3, 0.4) is 0 Å². The van der Waals surface area contributed by atoms with E-state index in [9.17, 15) is 0 Å². The summed E-state index contributed by atoms with van der Waals surface area (Å²) in [5, 5.41) is 0. The van der Waals surface area contributed by atoms with Crippen LogP contribution < -0.4 is 10.5 Å². The minimum Gasteiger partial charge on any atom is -0.490 e. The molecule has 0 saturated heterocycles. The van der Waals surface area contributed by atoms with E-state index >= 15 is 0 Å². The van der Waals surface area contributed by atoms with Gasteiger partial charge in [0.25, 0.3) is 0 Å². The Balaban J connectivity index is 1.66. The molecule has 0 fully saturated rings. The molecular formula is C18H19NO2. The van der Waals surface area contributed by atoms with Gasteiger partial charge in [0, 0.05) is 6.42 Å². The van der Waals surface area contributed by atoms with Gasteiger partial charge in [-0.1, -0.05) is 30.3 Å². The highest BCUT2D eigenvalue weighted by molar-refractivity contribution is 5.45. The molecule has 2 aliphatic heterocycles. The van der Waals surface area contributed by atoms with E-state index in [0.717, 1.165) is 29.9 Å². The Labute approximate surface area is 124 Å². The highest BCUT2D eigenvalue weighted by Crippen LogP contribution is 2.33. The zero-order valence-electron chi connectivity index (χ0n) is 12.1. The second-order valence-corrected chi connectivity index (χ2v) is 6.00. The van der Waals surface area contributed by atoms with E-state index in [2.05, 4.69) is 37.3 Å². The third kappa shape index (κ3) is 2.23. The molecule has 2 aromatic rings. The van der Waals surface area contributed by atoms with Crippen molar-refractivity contribution < 1.29 is 9.47 Å². The van der Waals surface area contributed by atoms with E-state index in [4.69, 9.17) is 15.2 Å². The Hall–Kier alpha value is -1.84. The van der Waals surface area contributed by atoms with Gasteiger partial charge in [-0.2, -0.15) is 0 Å². The molecule has 0 radical (unpaired) electrons. The lowest BCUT2D eigenvalue weighted by molar-refractivity contribution is 0.134. The molecule has 0 bridgehead atoms. The summed E-state index contributed by atoms with van der Waals surface area (Å²) in [5.41, 5.74) is 12.6. The number of benzene rings is 2. The molecule has 2 heterocycles. The summed E-state index contributed by atoms with van der Waals surface area (Å²) in [6.07, 6.45) is 1.23. The summed E-state index contributed by atoms with van der Waals surface area (Å²) in [6.45, 7) is 3.52. The Bertz CT molecular complexity index is 696. The second-order valence-electron chi connectivity index (χ2n) is 6.00. The van der Waals surface area contributed by atoms with Crippen molar-refractivity contribution in [3.05, 3.63) is 64.2 Å². The van der Waals surface area contributed by atoms with E-state index in [-0.39, 0.29) is 12.1 Å². The van der Waals surface area contributed by atoms with Crippen LogP contribution in [0.25, 0.3) is 0 Å². The van der Waals surface area contributed by atoms with Crippen LogP contribution in [0.1, 0.15) is 40.8 Å². The average molecular weight is 281 g/mol. The van der Waals surface area contributed by atoms with E-state index in [1.807, 2.05) is 6.07 Å². The molecule has 0 spiro atoms. The molecule has 3 heteroatoms. The molecule has 0 aliphatic carbocycles. The van der Waals surface area contributed by atoms with Crippen LogP contribution in [0, 0.1) is 0 Å². The first-order valence-electron chi connectivity index (χ1n) is 7.45. The highest BCUT2D eigenvalue weighted by atomic mass is 16.5. The van der Waals surface area contributed by atoms with Gasteiger partial charge in [-0.15, -0.1) is 0 Å². The lowest BCUT2D eigenvalue weighted by Crippen LogP contribution is -2.12. The topological polar surface area (TPSA) is 44.5 Å². The van der Waals surface area contributed by atoms with Crippen LogP contribution in [0.4, 0.5) is 0 Å². The number of rotatable bonds is 2. The van der Waals surface area contributed by atoms with Crippen molar-refractivity contribution in [2.24, 2.45) is 5.73 Å². The minimum absolute atomic E-state index is 0.0999. The molecular weight excluding hydrogens is 262 g/mol. The Morgan fingerprint density at radius 3 is 2.57 bits per heavy atom. The van der Waals surface area contributed by atoms with Crippen molar-refractivity contribution in [3.8, 4) is 5.75 Å². The number of nitrogens with two attached hydrogens (primary N) is 1. The number of fused-ring (bicyclic) bond motifs is 2. The molecule has 0 saturated carbocycles. The van der Waals surface area contributed by atoms with Crippen molar-refractivity contribution in [2.75, 3.05) is 0 Å². The maximum absolute atomic E-state index is 6.46. The monoisotopic (exact) mass is 281 g/mol. The van der Waals surface area contributed by atoms with E-state index < -0.39 is 0 Å². The van der Waals surface area contributed by atoms with Crippen LogP contribution in [0.5, 0.6) is 5.75 Å². The first kappa shape index (κ1) is 12.9. The van der Waals surface area contributed by atoms with Gasteiger partial charge in [-0.25, -0.2) is 0 Å². The summed E-state index contributed by atoms with van der Waals surface area (Å²) in [6, 6.07) is 12.6. The summed E-state index contributed by atoms with van der Waals surface area (Å²) in [4.78, 5) is 0. The van der Waals surface area contributed by atoms with Crippen molar-refractivity contribution in [1.29, 1.82) is 0 Å². The van der Waals surface area contributed by atoms with Gasteiger partial charge in [0.15, 0.2) is 0 Å². The Morgan fingerprint density at radius 2 is 1.71 bits per heavy atom. The summed E-state index contributed by atoms with van der Waals surface area (Å²) in [5.74, 6) is 1.00. The Kier molecular flexibility index (Phi) is 2.98. The molecule has 2 aromatic carbocycles. The number of hydrogen-bond donors (Lipinski definition) is 1. The molecule has 2 aliphatic rings. The zero-order valence-corrected chi connectivity index (χ0v) is 12.1. The standard InChI is InChI=1S/C18H19NO2/c1-11-6-15-7-13(4-5-17(15)21-11)18(19)12-2-3-14-9-20-10-16(14)8-12/h2-5,7-8,11,18H,6,9-10,19H2,1H3. The first-order valence-corrected chi connectivity index (χ1v) is 7.45. The van der Waals surface area contributed by atoms with E-state index in [1.165, 1.54) is 16.7 Å². The normalized spacial score (nSPS) is 20.8. The van der Waals surface area contributed by atoms with Crippen molar-refractivity contribution >= 4 is 0 Å². The number of hydrogen-bond acceptors (Lipinski definition) is 3. The van der Waals surface area contributed by atoms with Gasteiger partial charge >= 0.3 is 0 Å². The SMILES string of the molecule is CC1Cc2cc(C(N)c3ccc4c(c3)COC4)ccc2O1. The molecule has 0 amide bonds. The highest BCUT2D eigenvalue weighted by Gasteiger charge is 2.21. The van der Waals surface area contributed by atoms with Crippen molar-refractivity contribution in [1.82, 2.24) is 0 Å². The molecule has 2 atom stereocenters. The third-order valence-corrected chi connectivity index (χ3v) is 4.38. The average Bonchev–Trinajstić information content (AvgIpc) is 3.09. The van der Waals surface area contributed by atoms with Gasteiger partial charge in [0.05, 0.1) is 19.3 Å². The largest absolute Gasteiger partial charge is 0.490 e. The lowest BCUT2D eigenvalue weighted by atomic mass is 9.94. The quantitative estimate of drug-likeness (QED) is 0.920. The Morgan fingerprint density at radius 1 is 1.00 bits per heavy atom. The fourth-order valence-corrected chi connectivity index (χ4v) is 3.21. The van der Waals surface area contributed by atoms with Gasteiger partial charge in [0.2, 0.25) is 0 Å². The summed E-state index contributed by atoms with van der Waals surface area (Å²) < 4.78 is 11.2. The smallest absolute Gasteiger partial charge is 0.123 e. The van der Waals surface area contributed by atoms with Crippen LogP contribution in [0.15, 0.2) is 36.4 Å². The fraction of sp³-hybridized carbons (Fsp3) is 0.333.